The molecule has 0 saturated carbocycles. The lowest BCUT2D eigenvalue weighted by Crippen LogP contribution is -2.40. The van der Waals surface area contributed by atoms with Crippen molar-refractivity contribution in [2.45, 2.75) is 33.1 Å². The molecule has 1 fully saturated rings. The third kappa shape index (κ3) is 5.64. The maximum atomic E-state index is 11.6. The van der Waals surface area contributed by atoms with E-state index in [9.17, 15) is 4.79 Å². The SMILES string of the molecule is CCNC(=NCCNC(=O)C(C)C)N1CCC(c2ccc(OC)cc2)C1. The van der Waals surface area contributed by atoms with Gasteiger partial charge in [-0.1, -0.05) is 26.0 Å². The quantitative estimate of drug-likeness (QED) is 0.445. The van der Waals surface area contributed by atoms with Gasteiger partial charge in [-0.05, 0) is 31.0 Å². The van der Waals surface area contributed by atoms with Crippen molar-refractivity contribution < 1.29 is 9.53 Å². The van der Waals surface area contributed by atoms with Crippen LogP contribution < -0.4 is 15.4 Å². The number of methoxy groups -OCH3 is 1. The molecular weight excluding hydrogens is 328 g/mol. The first-order chi connectivity index (χ1) is 12.5. The van der Waals surface area contributed by atoms with Crippen LogP contribution in [0.15, 0.2) is 29.3 Å². The molecule has 0 radical (unpaired) electrons. The highest BCUT2D eigenvalue weighted by molar-refractivity contribution is 5.80. The lowest BCUT2D eigenvalue weighted by Gasteiger charge is -2.22. The van der Waals surface area contributed by atoms with Crippen LogP contribution in [0.1, 0.15) is 38.7 Å². The summed E-state index contributed by atoms with van der Waals surface area (Å²) in [5.41, 5.74) is 1.34. The minimum atomic E-state index is 0.0102. The minimum Gasteiger partial charge on any atom is -0.497 e. The Bertz CT molecular complexity index is 598. The van der Waals surface area contributed by atoms with Crippen LogP contribution in [0, 0.1) is 5.92 Å². The number of likely N-dealkylation sites (tertiary alicyclic amines) is 1. The Morgan fingerprint density at radius 3 is 2.65 bits per heavy atom. The summed E-state index contributed by atoms with van der Waals surface area (Å²) in [5.74, 6) is 2.41. The highest BCUT2D eigenvalue weighted by Gasteiger charge is 2.26. The summed E-state index contributed by atoms with van der Waals surface area (Å²) in [7, 11) is 1.69. The molecule has 2 rings (SSSR count). The first-order valence-electron chi connectivity index (χ1n) is 9.50. The van der Waals surface area contributed by atoms with E-state index in [-0.39, 0.29) is 11.8 Å². The normalized spacial score (nSPS) is 17.5. The van der Waals surface area contributed by atoms with Crippen molar-refractivity contribution in [2.75, 3.05) is 39.8 Å². The first kappa shape index (κ1) is 20.1. The topological polar surface area (TPSA) is 66.0 Å². The predicted molar refractivity (Wildman–Crippen MR) is 106 cm³/mol. The molecule has 0 bridgehead atoms. The molecular formula is C20H32N4O2. The number of nitrogens with one attached hydrogen (secondary N) is 2. The summed E-state index contributed by atoms with van der Waals surface area (Å²) < 4.78 is 5.24. The zero-order valence-electron chi connectivity index (χ0n) is 16.4. The van der Waals surface area contributed by atoms with Crippen molar-refractivity contribution in [1.82, 2.24) is 15.5 Å². The van der Waals surface area contributed by atoms with Crippen LogP contribution in [-0.2, 0) is 4.79 Å². The number of aliphatic imine (C=N–C) groups is 1. The first-order valence-corrected chi connectivity index (χ1v) is 9.50. The second kappa shape index (κ2) is 10.0. The molecule has 1 aromatic carbocycles. The van der Waals surface area contributed by atoms with Crippen LogP contribution in [0.5, 0.6) is 5.75 Å². The molecule has 1 aromatic rings. The fourth-order valence-electron chi connectivity index (χ4n) is 3.07. The summed E-state index contributed by atoms with van der Waals surface area (Å²) in [4.78, 5) is 18.6. The van der Waals surface area contributed by atoms with Crippen molar-refractivity contribution >= 4 is 11.9 Å². The highest BCUT2D eigenvalue weighted by atomic mass is 16.5. The Labute approximate surface area is 157 Å². The van der Waals surface area contributed by atoms with Gasteiger partial charge in [0, 0.05) is 38.0 Å². The zero-order valence-corrected chi connectivity index (χ0v) is 16.4. The highest BCUT2D eigenvalue weighted by Crippen LogP contribution is 2.28. The van der Waals surface area contributed by atoms with Crippen molar-refractivity contribution in [2.24, 2.45) is 10.9 Å². The van der Waals surface area contributed by atoms with E-state index >= 15 is 0 Å². The Balaban J connectivity index is 1.91. The van der Waals surface area contributed by atoms with Crippen molar-refractivity contribution in [3.8, 4) is 5.75 Å². The average Bonchev–Trinajstić information content (AvgIpc) is 3.14. The van der Waals surface area contributed by atoms with E-state index in [0.717, 1.165) is 37.8 Å². The Hall–Kier alpha value is -2.24. The van der Waals surface area contributed by atoms with Gasteiger partial charge in [-0.2, -0.15) is 0 Å². The molecule has 2 N–H and O–H groups in total. The van der Waals surface area contributed by atoms with E-state index in [1.165, 1.54) is 5.56 Å². The van der Waals surface area contributed by atoms with Gasteiger partial charge in [0.1, 0.15) is 5.75 Å². The fourth-order valence-corrected chi connectivity index (χ4v) is 3.07. The van der Waals surface area contributed by atoms with Crippen LogP contribution in [0.3, 0.4) is 0 Å². The fraction of sp³-hybridized carbons (Fsp3) is 0.600. The Morgan fingerprint density at radius 2 is 2.04 bits per heavy atom. The van der Waals surface area contributed by atoms with Gasteiger partial charge < -0.3 is 20.3 Å². The molecule has 1 aliphatic rings. The number of nitrogens with zero attached hydrogens (tertiary/aromatic N) is 2. The number of guanidine groups is 1. The van der Waals surface area contributed by atoms with Gasteiger partial charge in [-0.3, -0.25) is 9.79 Å². The van der Waals surface area contributed by atoms with Gasteiger partial charge in [0.15, 0.2) is 5.96 Å². The van der Waals surface area contributed by atoms with Gasteiger partial charge in [0.25, 0.3) is 0 Å². The predicted octanol–water partition coefficient (Wildman–Crippen LogP) is 2.22. The van der Waals surface area contributed by atoms with Crippen molar-refractivity contribution in [3.63, 3.8) is 0 Å². The van der Waals surface area contributed by atoms with E-state index in [1.54, 1.807) is 7.11 Å². The van der Waals surface area contributed by atoms with E-state index in [2.05, 4.69) is 39.6 Å². The van der Waals surface area contributed by atoms with Gasteiger partial charge in [-0.15, -0.1) is 0 Å². The molecule has 1 heterocycles. The van der Waals surface area contributed by atoms with E-state index < -0.39 is 0 Å². The van der Waals surface area contributed by atoms with Crippen LogP contribution >= 0.6 is 0 Å². The van der Waals surface area contributed by atoms with E-state index in [0.29, 0.717) is 19.0 Å². The lowest BCUT2D eigenvalue weighted by atomic mass is 9.98. The molecule has 1 unspecified atom stereocenters. The lowest BCUT2D eigenvalue weighted by molar-refractivity contribution is -0.123. The van der Waals surface area contributed by atoms with Crippen LogP contribution in [0.25, 0.3) is 0 Å². The molecule has 0 spiro atoms. The molecule has 26 heavy (non-hydrogen) atoms. The second-order valence-electron chi connectivity index (χ2n) is 6.89. The number of carbonyl (C=O) groups is 1. The van der Waals surface area contributed by atoms with Gasteiger partial charge in [0.2, 0.25) is 5.91 Å². The molecule has 1 amide bonds. The number of amides is 1. The maximum Gasteiger partial charge on any atom is 0.222 e. The van der Waals surface area contributed by atoms with Crippen LogP contribution in [0.4, 0.5) is 0 Å². The molecule has 6 nitrogen and oxygen atoms in total. The minimum absolute atomic E-state index is 0.0102. The number of rotatable bonds is 7. The third-order valence-corrected chi connectivity index (χ3v) is 4.61. The monoisotopic (exact) mass is 360 g/mol. The summed E-state index contributed by atoms with van der Waals surface area (Å²) in [6.07, 6.45) is 1.11. The Kier molecular flexibility index (Phi) is 7.75. The summed E-state index contributed by atoms with van der Waals surface area (Å²) in [5, 5.41) is 6.28. The van der Waals surface area contributed by atoms with Crippen LogP contribution in [0.2, 0.25) is 0 Å². The number of hydrogen-bond donors (Lipinski definition) is 2. The molecule has 1 saturated heterocycles. The molecule has 1 aliphatic heterocycles. The van der Waals surface area contributed by atoms with Gasteiger partial charge in [0.05, 0.1) is 13.7 Å². The molecule has 1 atom stereocenters. The van der Waals surface area contributed by atoms with Crippen molar-refractivity contribution in [1.29, 1.82) is 0 Å². The third-order valence-electron chi connectivity index (χ3n) is 4.61. The van der Waals surface area contributed by atoms with Crippen LogP contribution in [-0.4, -0.2) is 56.6 Å². The van der Waals surface area contributed by atoms with Gasteiger partial charge in [-0.25, -0.2) is 0 Å². The van der Waals surface area contributed by atoms with E-state index in [1.807, 2.05) is 26.0 Å². The van der Waals surface area contributed by atoms with Gasteiger partial charge >= 0.3 is 0 Å². The number of carbonyl (C=O) groups excluding carboxylic acids is 1. The van der Waals surface area contributed by atoms with Crippen molar-refractivity contribution in [3.05, 3.63) is 29.8 Å². The Morgan fingerprint density at radius 1 is 1.31 bits per heavy atom. The standard InChI is InChI=1S/C20H32N4O2/c1-5-21-20(23-12-11-22-19(25)15(2)3)24-13-10-17(14-24)16-6-8-18(26-4)9-7-16/h6-9,15,17H,5,10-14H2,1-4H3,(H,21,23)(H,22,25). The summed E-state index contributed by atoms with van der Waals surface area (Å²) >= 11 is 0. The zero-order chi connectivity index (χ0) is 18.9. The number of ether oxygens (including phenoxy) is 1. The molecule has 0 aliphatic carbocycles. The second-order valence-corrected chi connectivity index (χ2v) is 6.89. The average molecular weight is 361 g/mol. The molecule has 6 heteroatoms. The maximum absolute atomic E-state index is 11.6. The summed E-state index contributed by atoms with van der Waals surface area (Å²) in [6, 6.07) is 8.35. The van der Waals surface area contributed by atoms with E-state index in [4.69, 9.17) is 4.74 Å². The number of hydrogen-bond acceptors (Lipinski definition) is 3. The number of benzene rings is 1. The smallest absolute Gasteiger partial charge is 0.222 e. The molecule has 0 aromatic heterocycles. The molecule has 144 valence electrons. The largest absolute Gasteiger partial charge is 0.497 e. The summed E-state index contributed by atoms with van der Waals surface area (Å²) in [6.45, 7) is 9.80.